The maximum Gasteiger partial charge on any atom is 1.00 e. The van der Waals surface area contributed by atoms with Crippen LogP contribution in [0.25, 0.3) is 0 Å². The number of ether oxygens (including phenoxy) is 2. The molecule has 66 valence electrons. The van der Waals surface area contributed by atoms with Gasteiger partial charge < -0.3 is 9.47 Å². The molecule has 13 heavy (non-hydrogen) atoms. The first-order valence-electron chi connectivity index (χ1n) is 3.23. The maximum absolute atomic E-state index is 12.7. The van der Waals surface area contributed by atoms with E-state index in [4.69, 9.17) is 16.3 Å². The third-order valence-electron chi connectivity index (χ3n) is 1.17. The zero-order valence-corrected chi connectivity index (χ0v) is 8.19. The molecule has 0 saturated carbocycles. The van der Waals surface area contributed by atoms with Crippen LogP contribution in [0.5, 0.6) is 5.75 Å². The van der Waals surface area contributed by atoms with Crippen LogP contribution >= 0.6 is 11.6 Å². The van der Waals surface area contributed by atoms with E-state index in [1.165, 1.54) is 19.2 Å². The van der Waals surface area contributed by atoms with Gasteiger partial charge in [0.25, 0.3) is 0 Å². The first-order valence-corrected chi connectivity index (χ1v) is 3.61. The van der Waals surface area contributed by atoms with Gasteiger partial charge in [0.1, 0.15) is 0 Å². The standard InChI is InChI=1S/C8H7ClFO2.Li/c1-11-5-12-7-4-2-3-6(10)8(7)9;/h2-3H,5H2,1H3;/q-1;+1. The maximum atomic E-state index is 12.7. The summed E-state index contributed by atoms with van der Waals surface area (Å²) in [6.45, 7) is 0.0275. The van der Waals surface area contributed by atoms with Crippen molar-refractivity contribution >= 4 is 11.6 Å². The molecule has 5 heteroatoms. The third kappa shape index (κ3) is 3.58. The normalized spacial score (nSPS) is 9.15. The van der Waals surface area contributed by atoms with Crippen LogP contribution in [-0.2, 0) is 4.74 Å². The van der Waals surface area contributed by atoms with Crippen molar-refractivity contribution in [3.63, 3.8) is 0 Å². The third-order valence-corrected chi connectivity index (χ3v) is 1.53. The second-order valence-corrected chi connectivity index (χ2v) is 2.40. The van der Waals surface area contributed by atoms with Gasteiger partial charge in [-0.05, 0) is 0 Å². The van der Waals surface area contributed by atoms with Crippen molar-refractivity contribution in [3.05, 3.63) is 29.0 Å². The molecular formula is C8H7ClFLiO2. The van der Waals surface area contributed by atoms with Crippen molar-refractivity contribution in [2.45, 2.75) is 0 Å². The van der Waals surface area contributed by atoms with Crippen LogP contribution in [0.2, 0.25) is 5.02 Å². The largest absolute Gasteiger partial charge is 1.00 e. The van der Waals surface area contributed by atoms with Gasteiger partial charge in [0.2, 0.25) is 0 Å². The summed E-state index contributed by atoms with van der Waals surface area (Å²) in [5.41, 5.74) is 0. The Bertz CT molecular complexity index is 270. The Labute approximate surface area is 93.2 Å². The van der Waals surface area contributed by atoms with Gasteiger partial charge in [-0.15, -0.1) is 12.1 Å². The number of hydrogen-bond donors (Lipinski definition) is 0. The van der Waals surface area contributed by atoms with E-state index in [1.54, 1.807) is 0 Å². The molecule has 0 aliphatic heterocycles. The van der Waals surface area contributed by atoms with Gasteiger partial charge in [-0.25, -0.2) is 4.39 Å². The number of hydrogen-bond acceptors (Lipinski definition) is 2. The van der Waals surface area contributed by atoms with Crippen LogP contribution in [0.1, 0.15) is 0 Å². The molecule has 1 aromatic carbocycles. The van der Waals surface area contributed by atoms with Crippen LogP contribution in [0.4, 0.5) is 4.39 Å². The fraction of sp³-hybridized carbons (Fsp3) is 0.250. The molecule has 0 aliphatic carbocycles. The average Bonchev–Trinajstić information content (AvgIpc) is 2.08. The van der Waals surface area contributed by atoms with Crippen molar-refractivity contribution in [3.8, 4) is 5.75 Å². The fourth-order valence-electron chi connectivity index (χ4n) is 0.658. The van der Waals surface area contributed by atoms with E-state index >= 15 is 0 Å². The molecule has 0 saturated heterocycles. The van der Waals surface area contributed by atoms with E-state index in [0.717, 1.165) is 0 Å². The van der Waals surface area contributed by atoms with Crippen LogP contribution in [0, 0.1) is 11.9 Å². The van der Waals surface area contributed by atoms with Crippen molar-refractivity contribution in [1.29, 1.82) is 0 Å². The average molecular weight is 197 g/mol. The van der Waals surface area contributed by atoms with Crippen LogP contribution in [0.3, 0.4) is 0 Å². The molecule has 0 heterocycles. The molecule has 1 rings (SSSR count). The Hall–Kier alpha value is -0.203. The SMILES string of the molecule is COCOc1[c-]ccc(F)c1Cl.[Li+]. The summed E-state index contributed by atoms with van der Waals surface area (Å²) < 4.78 is 22.3. The van der Waals surface area contributed by atoms with Crippen LogP contribution in [0.15, 0.2) is 12.1 Å². The monoisotopic (exact) mass is 196 g/mol. The summed E-state index contributed by atoms with van der Waals surface area (Å²) in [6, 6.07) is 5.24. The first kappa shape index (κ1) is 12.8. The molecule has 0 radical (unpaired) electrons. The van der Waals surface area contributed by atoms with Crippen LogP contribution < -0.4 is 23.6 Å². The summed E-state index contributed by atoms with van der Waals surface area (Å²) in [5, 5.41) is -0.0745. The Kier molecular flexibility index (Phi) is 6.18. The van der Waals surface area contributed by atoms with Gasteiger partial charge in [0.15, 0.2) is 6.79 Å². The second-order valence-electron chi connectivity index (χ2n) is 2.02. The Balaban J connectivity index is 0.00000144. The van der Waals surface area contributed by atoms with Crippen molar-refractivity contribution in [2.24, 2.45) is 0 Å². The van der Waals surface area contributed by atoms with Gasteiger partial charge >= 0.3 is 18.9 Å². The Morgan fingerprint density at radius 2 is 2.31 bits per heavy atom. The first-order chi connectivity index (χ1) is 5.75. The molecule has 0 spiro atoms. The van der Waals surface area contributed by atoms with E-state index < -0.39 is 5.82 Å². The minimum Gasteiger partial charge on any atom is -0.492 e. The smallest absolute Gasteiger partial charge is 0.492 e. The molecule has 0 fully saturated rings. The van der Waals surface area contributed by atoms with Crippen LogP contribution in [-0.4, -0.2) is 13.9 Å². The zero-order chi connectivity index (χ0) is 8.97. The Morgan fingerprint density at radius 1 is 1.62 bits per heavy atom. The molecule has 0 amide bonds. The number of methoxy groups -OCH3 is 1. The fourth-order valence-corrected chi connectivity index (χ4v) is 0.830. The molecule has 0 aliphatic rings. The minimum absolute atomic E-state index is 0. The predicted octanol–water partition coefficient (Wildman–Crippen LogP) is -0.734. The second kappa shape index (κ2) is 6.28. The molecule has 0 bridgehead atoms. The van der Waals surface area contributed by atoms with Crippen molar-refractivity contribution in [2.75, 3.05) is 13.9 Å². The molecule has 1 aromatic rings. The Morgan fingerprint density at radius 3 is 2.92 bits per heavy atom. The van der Waals surface area contributed by atoms with Crippen molar-refractivity contribution < 1.29 is 32.7 Å². The van der Waals surface area contributed by atoms with Gasteiger partial charge in [-0.2, -0.15) is 17.7 Å². The molecule has 0 aromatic heterocycles. The van der Waals surface area contributed by atoms with E-state index in [0.29, 0.717) is 0 Å². The summed E-state index contributed by atoms with van der Waals surface area (Å²) >= 11 is 5.54. The summed E-state index contributed by atoms with van der Waals surface area (Å²) in [4.78, 5) is 0. The van der Waals surface area contributed by atoms with E-state index in [9.17, 15) is 4.39 Å². The predicted molar refractivity (Wildman–Crippen MR) is 42.8 cm³/mol. The summed E-state index contributed by atoms with van der Waals surface area (Å²) in [5.74, 6) is -0.361. The topological polar surface area (TPSA) is 18.5 Å². The van der Waals surface area contributed by atoms with Gasteiger partial charge in [-0.1, -0.05) is 0 Å². The molecular weight excluding hydrogens is 189 g/mol. The molecule has 0 N–H and O–H groups in total. The number of benzene rings is 1. The summed E-state index contributed by atoms with van der Waals surface area (Å²) in [7, 11) is 1.47. The minimum atomic E-state index is -0.526. The van der Waals surface area contributed by atoms with Gasteiger partial charge in [0, 0.05) is 23.7 Å². The number of rotatable bonds is 3. The van der Waals surface area contributed by atoms with E-state index in [2.05, 4.69) is 10.8 Å². The van der Waals surface area contributed by atoms with Gasteiger partial charge in [0.05, 0.1) is 0 Å². The van der Waals surface area contributed by atoms with Crippen molar-refractivity contribution in [1.82, 2.24) is 0 Å². The van der Waals surface area contributed by atoms with E-state index in [1.807, 2.05) is 0 Å². The zero-order valence-electron chi connectivity index (χ0n) is 7.43. The van der Waals surface area contributed by atoms with E-state index in [-0.39, 0.29) is 36.4 Å². The molecule has 0 atom stereocenters. The molecule has 0 unspecified atom stereocenters. The molecule has 2 nitrogen and oxygen atoms in total. The van der Waals surface area contributed by atoms with Gasteiger partial charge in [-0.3, -0.25) is 0 Å². The summed E-state index contributed by atoms with van der Waals surface area (Å²) in [6.07, 6.45) is 0. The number of halogens is 2. The quantitative estimate of drug-likeness (QED) is 0.360.